The number of carbonyl (C=O) groups excluding carboxylic acids is 1. The lowest BCUT2D eigenvalue weighted by molar-refractivity contribution is 0.0706. The summed E-state index contributed by atoms with van der Waals surface area (Å²) in [6, 6.07) is 4.89. The summed E-state index contributed by atoms with van der Waals surface area (Å²) in [5, 5.41) is 11.7. The zero-order valence-electron chi connectivity index (χ0n) is 15.0. The second-order valence-electron chi connectivity index (χ2n) is 7.46. The van der Waals surface area contributed by atoms with Crippen LogP contribution in [0, 0.1) is 5.82 Å². The largest absolute Gasteiger partial charge is 0.361 e. The average molecular weight is 367 g/mol. The third-order valence-electron chi connectivity index (χ3n) is 5.91. The number of benzene rings is 1. The van der Waals surface area contributed by atoms with E-state index in [0.29, 0.717) is 31.2 Å². The van der Waals surface area contributed by atoms with Gasteiger partial charge in [0.25, 0.3) is 5.91 Å². The number of hydrogen-bond donors (Lipinski definition) is 3. The number of H-pyrrole nitrogens is 2. The minimum atomic E-state index is -0.229. The van der Waals surface area contributed by atoms with Gasteiger partial charge in [-0.15, -0.1) is 0 Å². The topological polar surface area (TPSA) is 76.8 Å². The number of halogens is 1. The number of aromatic amines is 2. The van der Waals surface area contributed by atoms with Crippen LogP contribution in [0.3, 0.4) is 0 Å². The first-order valence-corrected chi connectivity index (χ1v) is 9.53. The van der Waals surface area contributed by atoms with Crippen LogP contribution >= 0.6 is 0 Å². The summed E-state index contributed by atoms with van der Waals surface area (Å²) in [4.78, 5) is 18.0. The van der Waals surface area contributed by atoms with Gasteiger partial charge in [0.2, 0.25) is 0 Å². The molecule has 7 heteroatoms. The highest BCUT2D eigenvalue weighted by Gasteiger charge is 2.29. The molecule has 1 amide bonds. The van der Waals surface area contributed by atoms with Crippen LogP contribution in [-0.2, 0) is 13.0 Å². The average Bonchev–Trinajstić information content (AvgIpc) is 3.31. The highest BCUT2D eigenvalue weighted by molar-refractivity contribution is 5.94. The summed E-state index contributed by atoms with van der Waals surface area (Å²) in [6.07, 6.45) is 4.68. The van der Waals surface area contributed by atoms with Crippen LogP contribution in [-0.4, -0.2) is 45.6 Å². The maximum Gasteiger partial charge on any atom is 0.274 e. The smallest absolute Gasteiger partial charge is 0.274 e. The van der Waals surface area contributed by atoms with Crippen molar-refractivity contribution in [3.63, 3.8) is 0 Å². The molecule has 1 saturated heterocycles. The van der Waals surface area contributed by atoms with Crippen LogP contribution in [0.25, 0.3) is 10.9 Å². The molecule has 2 aliphatic heterocycles. The van der Waals surface area contributed by atoms with Gasteiger partial charge < -0.3 is 15.2 Å². The van der Waals surface area contributed by atoms with Gasteiger partial charge in [-0.1, -0.05) is 0 Å². The molecule has 0 aliphatic carbocycles. The first kappa shape index (κ1) is 16.5. The molecule has 0 atom stereocenters. The quantitative estimate of drug-likeness (QED) is 0.652. The number of hydrogen-bond acceptors (Lipinski definition) is 3. The zero-order chi connectivity index (χ0) is 18.4. The van der Waals surface area contributed by atoms with E-state index in [1.165, 1.54) is 17.7 Å². The molecule has 140 valence electrons. The van der Waals surface area contributed by atoms with Crippen molar-refractivity contribution in [2.75, 3.05) is 19.6 Å². The van der Waals surface area contributed by atoms with Crippen molar-refractivity contribution < 1.29 is 9.18 Å². The molecule has 6 nitrogen and oxygen atoms in total. The summed E-state index contributed by atoms with van der Waals surface area (Å²) in [5.41, 5.74) is 4.72. The lowest BCUT2D eigenvalue weighted by Gasteiger charge is -2.32. The minimum absolute atomic E-state index is 0.0237. The van der Waals surface area contributed by atoms with Crippen molar-refractivity contribution in [1.29, 1.82) is 0 Å². The van der Waals surface area contributed by atoms with E-state index in [1.54, 1.807) is 0 Å². The molecule has 2 aromatic heterocycles. The molecule has 1 aromatic carbocycles. The van der Waals surface area contributed by atoms with Gasteiger partial charge in [0, 0.05) is 61.0 Å². The first-order valence-electron chi connectivity index (χ1n) is 9.53. The predicted octanol–water partition coefficient (Wildman–Crippen LogP) is 2.70. The van der Waals surface area contributed by atoms with E-state index in [4.69, 9.17) is 0 Å². The Morgan fingerprint density at radius 2 is 2.11 bits per heavy atom. The van der Waals surface area contributed by atoms with Crippen molar-refractivity contribution in [1.82, 2.24) is 25.4 Å². The van der Waals surface area contributed by atoms with E-state index >= 15 is 0 Å². The van der Waals surface area contributed by atoms with E-state index < -0.39 is 0 Å². The van der Waals surface area contributed by atoms with Crippen LogP contribution in [0.2, 0.25) is 0 Å². The molecule has 0 bridgehead atoms. The summed E-state index contributed by atoms with van der Waals surface area (Å²) < 4.78 is 13.4. The first-order chi connectivity index (χ1) is 13.2. The van der Waals surface area contributed by atoms with Crippen LogP contribution < -0.4 is 5.32 Å². The predicted molar refractivity (Wildman–Crippen MR) is 100 cm³/mol. The number of fused-ring (bicyclic) bond motifs is 2. The molecule has 0 saturated carbocycles. The second-order valence-corrected chi connectivity index (χ2v) is 7.46. The molecule has 4 heterocycles. The van der Waals surface area contributed by atoms with E-state index in [0.717, 1.165) is 48.0 Å². The molecule has 3 aromatic rings. The van der Waals surface area contributed by atoms with E-state index in [2.05, 4.69) is 20.5 Å². The minimum Gasteiger partial charge on any atom is -0.361 e. The zero-order valence-corrected chi connectivity index (χ0v) is 15.0. The molecule has 0 spiro atoms. The molecule has 0 radical (unpaired) electrons. The summed E-state index contributed by atoms with van der Waals surface area (Å²) in [7, 11) is 0. The fourth-order valence-electron chi connectivity index (χ4n) is 4.40. The van der Waals surface area contributed by atoms with Crippen LogP contribution in [0.15, 0.2) is 24.4 Å². The van der Waals surface area contributed by atoms with Gasteiger partial charge in [-0.2, -0.15) is 5.10 Å². The molecule has 1 fully saturated rings. The standard InChI is InChI=1S/C20H22FN5O/c21-13-1-2-14-15(11-23-18(14)9-13)12-4-7-26(8-5-12)20(27)19-16-10-22-6-3-17(16)24-25-19/h1-2,9,11-12,22-23H,3-8,10H2,(H,24,25). The van der Waals surface area contributed by atoms with Crippen molar-refractivity contribution in [3.05, 3.63) is 52.7 Å². The highest BCUT2D eigenvalue weighted by Crippen LogP contribution is 2.34. The Labute approximate surface area is 156 Å². The van der Waals surface area contributed by atoms with Crippen LogP contribution in [0.4, 0.5) is 4.39 Å². The fourth-order valence-corrected chi connectivity index (χ4v) is 4.40. The summed E-state index contributed by atoms with van der Waals surface area (Å²) in [5.74, 6) is 0.173. The number of piperidine rings is 1. The highest BCUT2D eigenvalue weighted by atomic mass is 19.1. The maximum absolute atomic E-state index is 13.4. The molecule has 2 aliphatic rings. The van der Waals surface area contributed by atoms with E-state index in [9.17, 15) is 9.18 Å². The number of aromatic nitrogens is 3. The third-order valence-corrected chi connectivity index (χ3v) is 5.91. The van der Waals surface area contributed by atoms with Crippen LogP contribution in [0.1, 0.15) is 46.1 Å². The fraction of sp³-hybridized carbons (Fsp3) is 0.400. The van der Waals surface area contributed by atoms with Crippen molar-refractivity contribution >= 4 is 16.8 Å². The molecule has 5 rings (SSSR count). The van der Waals surface area contributed by atoms with Gasteiger partial charge in [-0.3, -0.25) is 9.89 Å². The van der Waals surface area contributed by atoms with Gasteiger partial charge in [0.05, 0.1) is 0 Å². The number of nitrogens with one attached hydrogen (secondary N) is 3. The number of likely N-dealkylation sites (tertiary alicyclic amines) is 1. The monoisotopic (exact) mass is 367 g/mol. The SMILES string of the molecule is O=C(c1n[nH]c2c1CNCC2)N1CCC(c2c[nH]c3cc(F)ccc23)CC1. The Hall–Kier alpha value is -2.67. The Kier molecular flexibility index (Phi) is 3.97. The number of rotatable bonds is 2. The Bertz CT molecular complexity index is 999. The van der Waals surface area contributed by atoms with Gasteiger partial charge in [-0.05, 0) is 42.5 Å². The van der Waals surface area contributed by atoms with Gasteiger partial charge in [0.15, 0.2) is 5.69 Å². The Balaban J connectivity index is 1.31. The summed E-state index contributed by atoms with van der Waals surface area (Å²) in [6.45, 7) is 3.05. The van der Waals surface area contributed by atoms with E-state index in [1.807, 2.05) is 17.2 Å². The molecule has 0 unspecified atom stereocenters. The van der Waals surface area contributed by atoms with Gasteiger partial charge in [-0.25, -0.2) is 4.39 Å². The second kappa shape index (κ2) is 6.49. The van der Waals surface area contributed by atoms with Gasteiger partial charge in [0.1, 0.15) is 5.82 Å². The van der Waals surface area contributed by atoms with E-state index in [-0.39, 0.29) is 11.7 Å². The lowest BCUT2D eigenvalue weighted by atomic mass is 9.89. The molecule has 3 N–H and O–H groups in total. The number of carbonyl (C=O) groups is 1. The summed E-state index contributed by atoms with van der Waals surface area (Å²) >= 11 is 0. The van der Waals surface area contributed by atoms with Crippen LogP contribution in [0.5, 0.6) is 0 Å². The number of amides is 1. The Morgan fingerprint density at radius 1 is 1.26 bits per heavy atom. The maximum atomic E-state index is 13.4. The van der Waals surface area contributed by atoms with Crippen molar-refractivity contribution in [2.24, 2.45) is 0 Å². The normalized spacial score (nSPS) is 18.0. The van der Waals surface area contributed by atoms with Gasteiger partial charge >= 0.3 is 0 Å². The van der Waals surface area contributed by atoms with Crippen molar-refractivity contribution in [3.8, 4) is 0 Å². The lowest BCUT2D eigenvalue weighted by Crippen LogP contribution is -2.39. The molecular weight excluding hydrogens is 345 g/mol. The Morgan fingerprint density at radius 3 is 2.96 bits per heavy atom. The van der Waals surface area contributed by atoms with Crippen molar-refractivity contribution in [2.45, 2.75) is 31.7 Å². The third kappa shape index (κ3) is 2.82. The number of nitrogens with zero attached hydrogens (tertiary/aromatic N) is 2. The molecule has 27 heavy (non-hydrogen) atoms. The molecular formula is C20H22FN5O.